The van der Waals surface area contributed by atoms with E-state index in [4.69, 9.17) is 5.11 Å². The summed E-state index contributed by atoms with van der Waals surface area (Å²) in [5.74, 6) is 0.630. The predicted octanol–water partition coefficient (Wildman–Crippen LogP) is 2.69. The number of aliphatic carboxylic acids is 1. The fraction of sp³-hybridized carbons (Fsp3) is 0.615. The quantitative estimate of drug-likeness (QED) is 0.641. The number of hydrogen-bond acceptors (Lipinski definition) is 4. The van der Waals surface area contributed by atoms with E-state index in [1.165, 1.54) is 31.0 Å². The van der Waals surface area contributed by atoms with Crippen LogP contribution in [0.25, 0.3) is 0 Å². The van der Waals surface area contributed by atoms with Crippen LogP contribution in [0.15, 0.2) is 17.8 Å². The molecule has 1 saturated carbocycles. The molecule has 0 unspecified atom stereocenters. The molecular weight excluding hydrogens is 262 g/mol. The van der Waals surface area contributed by atoms with Gasteiger partial charge in [0.05, 0.1) is 5.75 Å². The number of carboxylic acids is 1. The van der Waals surface area contributed by atoms with Gasteiger partial charge in [-0.1, -0.05) is 37.1 Å². The maximum Gasteiger partial charge on any atom is 0.313 e. The molecule has 1 aliphatic rings. The Morgan fingerprint density at radius 1 is 1.42 bits per heavy atom. The summed E-state index contributed by atoms with van der Waals surface area (Å²) in [6.07, 6.45) is 7.89. The van der Waals surface area contributed by atoms with Crippen molar-refractivity contribution in [3.05, 3.63) is 18.5 Å². The minimum atomic E-state index is -0.836. The zero-order valence-electron chi connectivity index (χ0n) is 10.9. The van der Waals surface area contributed by atoms with Crippen LogP contribution in [0.2, 0.25) is 0 Å². The largest absolute Gasteiger partial charge is 0.481 e. The van der Waals surface area contributed by atoms with Gasteiger partial charge in [0.25, 0.3) is 0 Å². The van der Waals surface area contributed by atoms with E-state index in [1.54, 1.807) is 6.08 Å². The molecule has 0 saturated heterocycles. The van der Waals surface area contributed by atoms with Crippen molar-refractivity contribution >= 4 is 17.7 Å². The van der Waals surface area contributed by atoms with Gasteiger partial charge in [0.15, 0.2) is 5.16 Å². The summed E-state index contributed by atoms with van der Waals surface area (Å²) in [6, 6.07) is 0. The van der Waals surface area contributed by atoms with E-state index < -0.39 is 5.97 Å². The Balaban J connectivity index is 2.17. The first-order valence-electron chi connectivity index (χ1n) is 6.61. The number of allylic oxidation sites excluding steroid dienone is 1. The summed E-state index contributed by atoms with van der Waals surface area (Å²) < 4.78 is 2.01. The van der Waals surface area contributed by atoms with Crippen LogP contribution in [0.1, 0.15) is 43.8 Å². The van der Waals surface area contributed by atoms with E-state index in [9.17, 15) is 4.79 Å². The van der Waals surface area contributed by atoms with Gasteiger partial charge < -0.3 is 9.67 Å². The first-order valence-corrected chi connectivity index (χ1v) is 7.59. The molecule has 6 heteroatoms. The number of hydrogen-bond donors (Lipinski definition) is 1. The summed E-state index contributed by atoms with van der Waals surface area (Å²) in [5, 5.41) is 17.9. The normalized spacial score (nSPS) is 16.4. The number of aromatic nitrogens is 3. The lowest BCUT2D eigenvalue weighted by atomic mass is 9.89. The van der Waals surface area contributed by atoms with Gasteiger partial charge in [-0.25, -0.2) is 0 Å². The van der Waals surface area contributed by atoms with Crippen LogP contribution in [0, 0.1) is 0 Å². The van der Waals surface area contributed by atoms with E-state index in [2.05, 4.69) is 16.8 Å². The third kappa shape index (κ3) is 3.59. The molecule has 1 fully saturated rings. The smallest absolute Gasteiger partial charge is 0.313 e. The van der Waals surface area contributed by atoms with Crippen molar-refractivity contribution in [1.29, 1.82) is 0 Å². The average Bonchev–Trinajstić information content (AvgIpc) is 2.81. The zero-order chi connectivity index (χ0) is 13.7. The summed E-state index contributed by atoms with van der Waals surface area (Å²) >= 11 is 1.22. The van der Waals surface area contributed by atoms with Gasteiger partial charge >= 0.3 is 5.97 Å². The van der Waals surface area contributed by atoms with E-state index in [-0.39, 0.29) is 5.75 Å². The first-order chi connectivity index (χ1) is 9.22. The molecule has 1 aromatic rings. The number of nitrogens with zero attached hydrogens (tertiary/aromatic N) is 3. The van der Waals surface area contributed by atoms with Gasteiger partial charge in [0.1, 0.15) is 5.82 Å². The fourth-order valence-electron chi connectivity index (χ4n) is 2.50. The molecule has 5 nitrogen and oxygen atoms in total. The van der Waals surface area contributed by atoms with Gasteiger partial charge in [0.2, 0.25) is 0 Å². The van der Waals surface area contributed by atoms with E-state index in [0.717, 1.165) is 18.7 Å². The highest BCUT2D eigenvalue weighted by atomic mass is 32.2. The highest BCUT2D eigenvalue weighted by Gasteiger charge is 2.23. The van der Waals surface area contributed by atoms with Gasteiger partial charge in [-0.15, -0.1) is 16.8 Å². The maximum absolute atomic E-state index is 10.7. The monoisotopic (exact) mass is 281 g/mol. The highest BCUT2D eigenvalue weighted by Crippen LogP contribution is 2.33. The molecule has 1 N–H and O–H groups in total. The molecule has 2 rings (SSSR count). The van der Waals surface area contributed by atoms with Crippen molar-refractivity contribution in [2.75, 3.05) is 5.75 Å². The minimum absolute atomic E-state index is 0.0138. The standard InChI is InChI=1S/C13H19N3O2S/c1-2-8-16-12(10-6-4-3-5-7-10)14-15-13(16)19-9-11(17)18/h2,10H,1,3-9H2,(H,17,18). The van der Waals surface area contributed by atoms with Crippen LogP contribution in [0.3, 0.4) is 0 Å². The first kappa shape index (κ1) is 14.1. The molecule has 19 heavy (non-hydrogen) atoms. The Morgan fingerprint density at radius 3 is 2.79 bits per heavy atom. The summed E-state index contributed by atoms with van der Waals surface area (Å²) in [5.41, 5.74) is 0. The maximum atomic E-state index is 10.7. The molecular formula is C13H19N3O2S. The van der Waals surface area contributed by atoms with Crippen molar-refractivity contribution in [1.82, 2.24) is 14.8 Å². The molecule has 0 spiro atoms. The lowest BCUT2D eigenvalue weighted by molar-refractivity contribution is -0.133. The molecule has 0 radical (unpaired) electrons. The Hall–Kier alpha value is -1.30. The SMILES string of the molecule is C=CCn1c(SCC(=O)O)nnc1C1CCCCC1. The molecule has 0 aromatic carbocycles. The Labute approximate surface area is 117 Å². The topological polar surface area (TPSA) is 68.0 Å². The Bertz CT molecular complexity index is 453. The lowest BCUT2D eigenvalue weighted by Crippen LogP contribution is -2.12. The molecule has 0 atom stereocenters. The number of rotatable bonds is 6. The van der Waals surface area contributed by atoms with Crippen LogP contribution >= 0.6 is 11.8 Å². The second-order valence-electron chi connectivity index (χ2n) is 4.76. The van der Waals surface area contributed by atoms with Gasteiger partial charge in [-0.05, 0) is 12.8 Å². The predicted molar refractivity (Wildman–Crippen MR) is 74.4 cm³/mol. The fourth-order valence-corrected chi connectivity index (χ4v) is 3.17. The minimum Gasteiger partial charge on any atom is -0.481 e. The number of thioether (sulfide) groups is 1. The van der Waals surface area contributed by atoms with E-state index >= 15 is 0 Å². The third-order valence-electron chi connectivity index (χ3n) is 3.35. The van der Waals surface area contributed by atoms with Crippen LogP contribution in [-0.4, -0.2) is 31.6 Å². The van der Waals surface area contributed by atoms with Crippen molar-refractivity contribution in [3.8, 4) is 0 Å². The summed E-state index contributed by atoms with van der Waals surface area (Å²) in [6.45, 7) is 4.40. The highest BCUT2D eigenvalue weighted by molar-refractivity contribution is 7.99. The van der Waals surface area contributed by atoms with Gasteiger partial charge in [-0.3, -0.25) is 4.79 Å². The van der Waals surface area contributed by atoms with E-state index in [1.807, 2.05) is 4.57 Å². The van der Waals surface area contributed by atoms with Crippen molar-refractivity contribution < 1.29 is 9.90 Å². The second-order valence-corrected chi connectivity index (χ2v) is 5.70. The Morgan fingerprint density at radius 2 is 2.16 bits per heavy atom. The van der Waals surface area contributed by atoms with Crippen LogP contribution in [0.4, 0.5) is 0 Å². The van der Waals surface area contributed by atoms with Crippen molar-refractivity contribution in [2.45, 2.75) is 49.7 Å². The van der Waals surface area contributed by atoms with Crippen molar-refractivity contribution in [3.63, 3.8) is 0 Å². The number of carbonyl (C=O) groups is 1. The van der Waals surface area contributed by atoms with Crippen LogP contribution < -0.4 is 0 Å². The summed E-state index contributed by atoms with van der Waals surface area (Å²) in [4.78, 5) is 10.7. The van der Waals surface area contributed by atoms with Gasteiger partial charge in [0, 0.05) is 12.5 Å². The lowest BCUT2D eigenvalue weighted by Gasteiger charge is -2.21. The number of carboxylic acid groups (broad SMARTS) is 1. The van der Waals surface area contributed by atoms with E-state index in [0.29, 0.717) is 17.6 Å². The molecule has 0 amide bonds. The summed E-state index contributed by atoms with van der Waals surface area (Å²) in [7, 11) is 0. The van der Waals surface area contributed by atoms with Crippen LogP contribution in [0.5, 0.6) is 0 Å². The molecule has 1 heterocycles. The second kappa shape index (κ2) is 6.75. The zero-order valence-corrected chi connectivity index (χ0v) is 11.7. The van der Waals surface area contributed by atoms with Crippen molar-refractivity contribution in [2.24, 2.45) is 0 Å². The molecule has 0 aliphatic heterocycles. The molecule has 1 aromatic heterocycles. The van der Waals surface area contributed by atoms with Crippen LogP contribution in [-0.2, 0) is 11.3 Å². The third-order valence-corrected chi connectivity index (χ3v) is 4.30. The molecule has 104 valence electrons. The Kier molecular flexibility index (Phi) is 5.01. The average molecular weight is 281 g/mol. The van der Waals surface area contributed by atoms with Gasteiger partial charge in [-0.2, -0.15) is 0 Å². The molecule has 0 bridgehead atoms. The molecule has 1 aliphatic carbocycles.